The Kier molecular flexibility index (Phi) is 2.89. The lowest BCUT2D eigenvalue weighted by Crippen LogP contribution is -2.04. The van der Waals surface area contributed by atoms with Gasteiger partial charge in [0.1, 0.15) is 11.4 Å². The van der Waals surface area contributed by atoms with Crippen molar-refractivity contribution in [2.45, 2.75) is 6.18 Å². The van der Waals surface area contributed by atoms with Gasteiger partial charge in [0, 0.05) is 0 Å². The van der Waals surface area contributed by atoms with Crippen molar-refractivity contribution in [2.24, 2.45) is 0 Å². The van der Waals surface area contributed by atoms with Gasteiger partial charge < -0.3 is 10.3 Å². The summed E-state index contributed by atoms with van der Waals surface area (Å²) >= 11 is 0. The first kappa shape index (κ1) is 13.2. The maximum Gasteiger partial charge on any atom is 0.416 e. The number of nitrogens with two attached hydrogens (primary N) is 1. The van der Waals surface area contributed by atoms with Crippen LogP contribution in [-0.4, -0.2) is 20.6 Å². The molecule has 3 N–H and O–H groups in total. The molecule has 2 aromatic heterocycles. The number of benzene rings is 1. The molecule has 0 saturated carbocycles. The Morgan fingerprint density at radius 1 is 1.24 bits per heavy atom. The summed E-state index contributed by atoms with van der Waals surface area (Å²) in [5, 5.41) is 13.6. The number of aromatic amines is 1. The SMILES string of the molecule is Nc1onc(-c2cn[nH]n2)c1-c1cccc(C(F)(F)F)c1. The zero-order valence-corrected chi connectivity index (χ0v) is 10.3. The molecule has 0 radical (unpaired) electrons. The van der Waals surface area contributed by atoms with E-state index in [0.29, 0.717) is 5.69 Å². The number of hydrogen-bond acceptors (Lipinski definition) is 5. The van der Waals surface area contributed by atoms with E-state index in [1.807, 2.05) is 0 Å². The highest BCUT2D eigenvalue weighted by atomic mass is 19.4. The molecule has 3 rings (SSSR count). The Labute approximate surface area is 115 Å². The molecular formula is C12H8F3N5O. The third-order valence-electron chi connectivity index (χ3n) is 2.85. The predicted octanol–water partition coefficient (Wildman–Crippen LogP) is 2.73. The number of rotatable bonds is 2. The van der Waals surface area contributed by atoms with E-state index >= 15 is 0 Å². The van der Waals surface area contributed by atoms with Crippen molar-refractivity contribution in [3.05, 3.63) is 36.0 Å². The topological polar surface area (TPSA) is 93.6 Å². The second-order valence-electron chi connectivity index (χ2n) is 4.20. The number of alkyl halides is 3. The van der Waals surface area contributed by atoms with E-state index in [9.17, 15) is 13.2 Å². The van der Waals surface area contributed by atoms with Crippen LogP contribution in [0.3, 0.4) is 0 Å². The van der Waals surface area contributed by atoms with Crippen LogP contribution in [0.25, 0.3) is 22.5 Å². The Morgan fingerprint density at radius 2 is 2.05 bits per heavy atom. The predicted molar refractivity (Wildman–Crippen MR) is 66.7 cm³/mol. The van der Waals surface area contributed by atoms with E-state index in [0.717, 1.165) is 12.1 Å². The molecular weight excluding hydrogens is 287 g/mol. The number of nitrogens with one attached hydrogen (secondary N) is 1. The highest BCUT2D eigenvalue weighted by Gasteiger charge is 2.31. The standard InChI is InChI=1S/C12H8F3N5O/c13-12(14,15)7-3-1-2-6(4-7)9-10(19-21-11(9)16)8-5-17-20-18-8/h1-5H,16H2,(H,17,18,20). The second-order valence-corrected chi connectivity index (χ2v) is 4.20. The van der Waals surface area contributed by atoms with Gasteiger partial charge in [0.05, 0.1) is 17.3 Å². The summed E-state index contributed by atoms with van der Waals surface area (Å²) in [5.74, 6) is -0.0904. The molecule has 0 bridgehead atoms. The Morgan fingerprint density at radius 3 is 2.71 bits per heavy atom. The molecule has 1 aromatic carbocycles. The average molecular weight is 295 g/mol. The number of halogens is 3. The van der Waals surface area contributed by atoms with Crippen LogP contribution in [0.15, 0.2) is 35.0 Å². The molecule has 108 valence electrons. The fourth-order valence-electron chi connectivity index (χ4n) is 1.92. The van der Waals surface area contributed by atoms with Gasteiger partial charge >= 0.3 is 6.18 Å². The molecule has 9 heteroatoms. The Balaban J connectivity index is 2.16. The fraction of sp³-hybridized carbons (Fsp3) is 0.0833. The van der Waals surface area contributed by atoms with Crippen molar-refractivity contribution in [1.82, 2.24) is 20.6 Å². The van der Waals surface area contributed by atoms with Gasteiger partial charge in [-0.2, -0.15) is 28.6 Å². The number of H-pyrrole nitrogens is 1. The van der Waals surface area contributed by atoms with Crippen LogP contribution < -0.4 is 5.73 Å². The van der Waals surface area contributed by atoms with Crippen LogP contribution in [0.2, 0.25) is 0 Å². The molecule has 21 heavy (non-hydrogen) atoms. The zero-order chi connectivity index (χ0) is 15.0. The van der Waals surface area contributed by atoms with Gasteiger partial charge in [-0.3, -0.25) is 0 Å². The molecule has 0 saturated heterocycles. The molecule has 0 aliphatic carbocycles. The minimum Gasteiger partial charge on any atom is -0.367 e. The number of anilines is 1. The summed E-state index contributed by atoms with van der Waals surface area (Å²) in [4.78, 5) is 0. The zero-order valence-electron chi connectivity index (χ0n) is 10.3. The molecule has 6 nitrogen and oxygen atoms in total. The van der Waals surface area contributed by atoms with Crippen LogP contribution in [0.1, 0.15) is 5.56 Å². The molecule has 2 heterocycles. The maximum atomic E-state index is 12.8. The summed E-state index contributed by atoms with van der Waals surface area (Å²) in [6.07, 6.45) is -3.08. The first-order chi connectivity index (χ1) is 9.97. The Hall–Kier alpha value is -2.84. The number of nitrogens with zero attached hydrogens (tertiary/aromatic N) is 3. The smallest absolute Gasteiger partial charge is 0.367 e. The molecule has 0 aliphatic rings. The minimum atomic E-state index is -4.45. The van der Waals surface area contributed by atoms with Crippen molar-refractivity contribution in [2.75, 3.05) is 5.73 Å². The summed E-state index contributed by atoms with van der Waals surface area (Å²) < 4.78 is 43.2. The van der Waals surface area contributed by atoms with Crippen LogP contribution >= 0.6 is 0 Å². The van der Waals surface area contributed by atoms with Crippen molar-refractivity contribution in [3.8, 4) is 22.5 Å². The van der Waals surface area contributed by atoms with Gasteiger partial charge in [-0.15, -0.1) is 0 Å². The van der Waals surface area contributed by atoms with Gasteiger partial charge in [0.25, 0.3) is 0 Å². The summed E-state index contributed by atoms with van der Waals surface area (Å²) in [7, 11) is 0. The monoisotopic (exact) mass is 295 g/mol. The number of nitrogen functional groups attached to an aromatic ring is 1. The molecule has 0 amide bonds. The lowest BCUT2D eigenvalue weighted by molar-refractivity contribution is -0.137. The number of hydrogen-bond donors (Lipinski definition) is 2. The van der Waals surface area contributed by atoms with E-state index in [1.165, 1.54) is 18.3 Å². The van der Waals surface area contributed by atoms with E-state index in [4.69, 9.17) is 10.3 Å². The van der Waals surface area contributed by atoms with E-state index in [-0.39, 0.29) is 22.7 Å². The average Bonchev–Trinajstić information content (AvgIpc) is 3.06. The van der Waals surface area contributed by atoms with Crippen molar-refractivity contribution in [1.29, 1.82) is 0 Å². The van der Waals surface area contributed by atoms with E-state index < -0.39 is 11.7 Å². The highest BCUT2D eigenvalue weighted by Crippen LogP contribution is 2.38. The van der Waals surface area contributed by atoms with Crippen LogP contribution in [0.5, 0.6) is 0 Å². The molecule has 0 aliphatic heterocycles. The third-order valence-corrected chi connectivity index (χ3v) is 2.85. The largest absolute Gasteiger partial charge is 0.416 e. The summed E-state index contributed by atoms with van der Waals surface area (Å²) in [6.45, 7) is 0. The van der Waals surface area contributed by atoms with Gasteiger partial charge in [-0.05, 0) is 17.7 Å². The van der Waals surface area contributed by atoms with Crippen LogP contribution in [0.4, 0.5) is 19.1 Å². The molecule has 3 aromatic rings. The summed E-state index contributed by atoms with van der Waals surface area (Å²) in [6, 6.07) is 4.73. The quantitative estimate of drug-likeness (QED) is 0.758. The lowest BCUT2D eigenvalue weighted by Gasteiger charge is -2.08. The van der Waals surface area contributed by atoms with Crippen molar-refractivity contribution < 1.29 is 17.7 Å². The fourth-order valence-corrected chi connectivity index (χ4v) is 1.92. The third kappa shape index (κ3) is 2.33. The lowest BCUT2D eigenvalue weighted by atomic mass is 10.0. The molecule has 0 spiro atoms. The molecule has 0 atom stereocenters. The molecule has 0 fully saturated rings. The second kappa shape index (κ2) is 4.62. The van der Waals surface area contributed by atoms with Gasteiger partial charge in [-0.25, -0.2) is 0 Å². The van der Waals surface area contributed by atoms with Gasteiger partial charge in [-0.1, -0.05) is 17.3 Å². The highest BCUT2D eigenvalue weighted by molar-refractivity contribution is 5.85. The van der Waals surface area contributed by atoms with Crippen molar-refractivity contribution in [3.63, 3.8) is 0 Å². The van der Waals surface area contributed by atoms with Crippen LogP contribution in [0, 0.1) is 0 Å². The van der Waals surface area contributed by atoms with Gasteiger partial charge in [0.2, 0.25) is 5.88 Å². The first-order valence-corrected chi connectivity index (χ1v) is 5.75. The van der Waals surface area contributed by atoms with Crippen LogP contribution in [-0.2, 0) is 6.18 Å². The summed E-state index contributed by atoms with van der Waals surface area (Å²) in [5.41, 5.74) is 5.91. The normalized spacial score (nSPS) is 11.8. The number of aromatic nitrogens is 4. The van der Waals surface area contributed by atoms with E-state index in [2.05, 4.69) is 20.6 Å². The first-order valence-electron chi connectivity index (χ1n) is 5.75. The van der Waals surface area contributed by atoms with Crippen molar-refractivity contribution >= 4 is 5.88 Å². The maximum absolute atomic E-state index is 12.8. The van der Waals surface area contributed by atoms with E-state index in [1.54, 1.807) is 0 Å². The Bertz CT molecular complexity index is 764. The minimum absolute atomic E-state index is 0.0904. The van der Waals surface area contributed by atoms with Gasteiger partial charge in [0.15, 0.2) is 0 Å². The molecule has 0 unspecified atom stereocenters.